The van der Waals surface area contributed by atoms with E-state index in [1.807, 2.05) is 54.2 Å². The van der Waals surface area contributed by atoms with Crippen molar-refractivity contribution in [3.05, 3.63) is 71.9 Å². The lowest BCUT2D eigenvalue weighted by molar-refractivity contribution is -0.121. The zero-order valence-electron chi connectivity index (χ0n) is 15.4. The summed E-state index contributed by atoms with van der Waals surface area (Å²) in [7, 11) is 0. The van der Waals surface area contributed by atoms with E-state index < -0.39 is 0 Å². The first-order chi connectivity index (χ1) is 13.8. The van der Waals surface area contributed by atoms with E-state index in [4.69, 9.17) is 0 Å². The van der Waals surface area contributed by atoms with E-state index in [0.29, 0.717) is 19.4 Å². The number of carbonyl (C=O) groups excluding carboxylic acids is 1. The Morgan fingerprint density at radius 2 is 2.04 bits per heavy atom. The van der Waals surface area contributed by atoms with Gasteiger partial charge < -0.3 is 9.72 Å². The highest BCUT2D eigenvalue weighted by Crippen LogP contribution is 2.21. The number of aromatic nitrogens is 4. The van der Waals surface area contributed by atoms with Gasteiger partial charge >= 0.3 is 0 Å². The van der Waals surface area contributed by atoms with Gasteiger partial charge in [0.1, 0.15) is 10.8 Å². The molecule has 0 saturated heterocycles. The fraction of sp³-hybridized carbons (Fsp3) is 0.238. The van der Waals surface area contributed by atoms with E-state index in [1.54, 1.807) is 17.5 Å². The minimum Gasteiger partial charge on any atom is -0.356 e. The Morgan fingerprint density at radius 1 is 1.11 bits per heavy atom. The van der Waals surface area contributed by atoms with Crippen LogP contribution in [0, 0.1) is 0 Å². The maximum absolute atomic E-state index is 12.1. The number of fused-ring (bicyclic) bond motifs is 1. The molecule has 4 heterocycles. The van der Waals surface area contributed by atoms with Crippen molar-refractivity contribution >= 4 is 22.8 Å². The number of hydrogen-bond acceptors (Lipinski definition) is 5. The molecule has 0 fully saturated rings. The molecule has 0 saturated carbocycles. The van der Waals surface area contributed by atoms with Gasteiger partial charge in [-0.15, -0.1) is 11.3 Å². The molecule has 0 spiro atoms. The Bertz CT molecular complexity index is 1060. The summed E-state index contributed by atoms with van der Waals surface area (Å²) in [6.45, 7) is 0.650. The lowest BCUT2D eigenvalue weighted by Gasteiger charge is -2.05. The SMILES string of the molecule is O=C(CCc1csc(-c2ccccn2)n1)NCCCc1ncc2ccccn12. The van der Waals surface area contributed by atoms with Gasteiger partial charge in [0.15, 0.2) is 0 Å². The van der Waals surface area contributed by atoms with Gasteiger partial charge in [-0.25, -0.2) is 9.97 Å². The monoisotopic (exact) mass is 391 g/mol. The molecule has 0 bridgehead atoms. The number of rotatable bonds is 8. The second-order valence-electron chi connectivity index (χ2n) is 6.48. The molecule has 4 aromatic rings. The van der Waals surface area contributed by atoms with Gasteiger partial charge in [0, 0.05) is 37.2 Å². The first-order valence-corrected chi connectivity index (χ1v) is 10.2. The summed E-state index contributed by atoms with van der Waals surface area (Å²) < 4.78 is 2.09. The zero-order valence-corrected chi connectivity index (χ0v) is 16.2. The van der Waals surface area contributed by atoms with Gasteiger partial charge in [-0.3, -0.25) is 9.78 Å². The van der Waals surface area contributed by atoms with Crippen molar-refractivity contribution in [1.82, 2.24) is 24.7 Å². The second kappa shape index (κ2) is 8.75. The van der Waals surface area contributed by atoms with E-state index in [0.717, 1.165) is 40.6 Å². The molecule has 142 valence electrons. The average molecular weight is 392 g/mol. The Labute approximate surface area is 167 Å². The number of amides is 1. The van der Waals surface area contributed by atoms with Crippen LogP contribution in [0.1, 0.15) is 24.4 Å². The molecule has 6 nitrogen and oxygen atoms in total. The summed E-state index contributed by atoms with van der Waals surface area (Å²) in [6, 6.07) is 11.8. The zero-order chi connectivity index (χ0) is 19.2. The number of aryl methyl sites for hydroxylation is 2. The normalized spacial score (nSPS) is 11.0. The van der Waals surface area contributed by atoms with Crippen LogP contribution in [0.15, 0.2) is 60.4 Å². The van der Waals surface area contributed by atoms with Crippen molar-refractivity contribution in [3.63, 3.8) is 0 Å². The Hall–Kier alpha value is -3.06. The van der Waals surface area contributed by atoms with Crippen LogP contribution in [0.25, 0.3) is 16.2 Å². The molecule has 4 rings (SSSR count). The lowest BCUT2D eigenvalue weighted by atomic mass is 10.2. The highest BCUT2D eigenvalue weighted by Gasteiger charge is 2.08. The first-order valence-electron chi connectivity index (χ1n) is 9.33. The van der Waals surface area contributed by atoms with Crippen molar-refractivity contribution in [3.8, 4) is 10.7 Å². The van der Waals surface area contributed by atoms with Gasteiger partial charge in [-0.1, -0.05) is 12.1 Å². The van der Waals surface area contributed by atoms with Crippen molar-refractivity contribution < 1.29 is 4.79 Å². The molecule has 7 heteroatoms. The smallest absolute Gasteiger partial charge is 0.220 e. The number of hydrogen-bond donors (Lipinski definition) is 1. The summed E-state index contributed by atoms with van der Waals surface area (Å²) in [4.78, 5) is 25.4. The van der Waals surface area contributed by atoms with Crippen molar-refractivity contribution in [2.45, 2.75) is 25.7 Å². The Balaban J connectivity index is 1.20. The van der Waals surface area contributed by atoms with Gasteiger partial charge in [0.25, 0.3) is 0 Å². The Morgan fingerprint density at radius 3 is 2.93 bits per heavy atom. The third kappa shape index (κ3) is 4.43. The van der Waals surface area contributed by atoms with E-state index in [-0.39, 0.29) is 5.91 Å². The van der Waals surface area contributed by atoms with Gasteiger partial charge in [0.05, 0.1) is 23.1 Å². The maximum Gasteiger partial charge on any atom is 0.220 e. The minimum atomic E-state index is 0.0559. The molecule has 0 unspecified atom stereocenters. The lowest BCUT2D eigenvalue weighted by Crippen LogP contribution is -2.25. The minimum absolute atomic E-state index is 0.0559. The second-order valence-corrected chi connectivity index (χ2v) is 7.34. The molecule has 0 aromatic carbocycles. The van der Waals surface area contributed by atoms with Crippen LogP contribution in [0.5, 0.6) is 0 Å². The number of nitrogens with zero attached hydrogens (tertiary/aromatic N) is 4. The number of carbonyl (C=O) groups is 1. The van der Waals surface area contributed by atoms with Crippen LogP contribution in [0.2, 0.25) is 0 Å². The van der Waals surface area contributed by atoms with Crippen molar-refractivity contribution in [2.24, 2.45) is 0 Å². The largest absolute Gasteiger partial charge is 0.356 e. The third-order valence-corrected chi connectivity index (χ3v) is 5.37. The molecule has 0 aliphatic rings. The predicted octanol–water partition coefficient (Wildman–Crippen LogP) is 3.53. The number of thiazole rings is 1. The summed E-state index contributed by atoms with van der Waals surface area (Å²) in [5.74, 6) is 1.08. The summed E-state index contributed by atoms with van der Waals surface area (Å²) in [5.41, 5.74) is 2.90. The molecule has 4 aromatic heterocycles. The topological polar surface area (TPSA) is 72.2 Å². The standard InChI is InChI=1S/C21H21N5OS/c27-20(10-9-16-15-28-21(25-16)18-7-1-3-11-22-18)23-12-5-8-19-24-14-17-6-2-4-13-26(17)19/h1-4,6-7,11,13-15H,5,8-10,12H2,(H,23,27). The van der Waals surface area contributed by atoms with E-state index in [2.05, 4.69) is 24.7 Å². The molecule has 0 aliphatic carbocycles. The third-order valence-electron chi connectivity index (χ3n) is 4.46. The highest BCUT2D eigenvalue weighted by molar-refractivity contribution is 7.13. The van der Waals surface area contributed by atoms with Gasteiger partial charge in [0.2, 0.25) is 5.91 Å². The molecular formula is C21H21N5OS. The van der Waals surface area contributed by atoms with Crippen LogP contribution in [0.4, 0.5) is 0 Å². The number of nitrogens with one attached hydrogen (secondary N) is 1. The summed E-state index contributed by atoms with van der Waals surface area (Å²) >= 11 is 1.56. The quantitative estimate of drug-likeness (QED) is 0.466. The van der Waals surface area contributed by atoms with E-state index >= 15 is 0 Å². The molecule has 0 atom stereocenters. The van der Waals surface area contributed by atoms with Crippen LogP contribution in [-0.2, 0) is 17.6 Å². The van der Waals surface area contributed by atoms with Gasteiger partial charge in [-0.2, -0.15) is 0 Å². The fourth-order valence-corrected chi connectivity index (χ4v) is 3.85. The number of imidazole rings is 1. The fourth-order valence-electron chi connectivity index (χ4n) is 3.02. The molecule has 28 heavy (non-hydrogen) atoms. The van der Waals surface area contributed by atoms with E-state index in [9.17, 15) is 4.79 Å². The first kappa shape index (κ1) is 18.3. The summed E-state index contributed by atoms with van der Waals surface area (Å²) in [6.07, 6.45) is 8.43. The molecule has 0 radical (unpaired) electrons. The molecule has 0 aliphatic heterocycles. The van der Waals surface area contributed by atoms with Crippen molar-refractivity contribution in [2.75, 3.05) is 6.54 Å². The highest BCUT2D eigenvalue weighted by atomic mass is 32.1. The van der Waals surface area contributed by atoms with Crippen LogP contribution in [0.3, 0.4) is 0 Å². The maximum atomic E-state index is 12.1. The Kier molecular flexibility index (Phi) is 5.72. The van der Waals surface area contributed by atoms with E-state index in [1.165, 1.54) is 0 Å². The van der Waals surface area contributed by atoms with Gasteiger partial charge in [-0.05, 0) is 37.1 Å². The predicted molar refractivity (Wildman–Crippen MR) is 110 cm³/mol. The number of pyridine rings is 2. The molecule has 1 amide bonds. The van der Waals surface area contributed by atoms with Crippen LogP contribution < -0.4 is 5.32 Å². The average Bonchev–Trinajstić information content (AvgIpc) is 3.38. The summed E-state index contributed by atoms with van der Waals surface area (Å²) in [5, 5.41) is 5.88. The van der Waals surface area contributed by atoms with Crippen LogP contribution >= 0.6 is 11.3 Å². The molecular weight excluding hydrogens is 370 g/mol. The van der Waals surface area contributed by atoms with Crippen LogP contribution in [-0.4, -0.2) is 31.8 Å². The van der Waals surface area contributed by atoms with Crippen molar-refractivity contribution in [1.29, 1.82) is 0 Å². The molecule has 1 N–H and O–H groups in total.